The summed E-state index contributed by atoms with van der Waals surface area (Å²) in [6.07, 6.45) is 1.00. The fraction of sp³-hybridized carbons (Fsp3) is 0.417. The summed E-state index contributed by atoms with van der Waals surface area (Å²) in [6, 6.07) is 4.93. The van der Waals surface area contributed by atoms with Crippen molar-refractivity contribution in [3.63, 3.8) is 0 Å². The Morgan fingerprint density at radius 3 is 3.00 bits per heavy atom. The van der Waals surface area contributed by atoms with Gasteiger partial charge in [0.2, 0.25) is 0 Å². The lowest BCUT2D eigenvalue weighted by atomic mass is 10.2. The SMILES string of the molecule is FC(F)Oc1ccc(Br)cc1CNC1=NCCCN1. The van der Waals surface area contributed by atoms with Gasteiger partial charge < -0.3 is 15.4 Å². The number of guanidine groups is 1. The van der Waals surface area contributed by atoms with Crippen molar-refractivity contribution in [1.29, 1.82) is 0 Å². The molecule has 0 bridgehead atoms. The fourth-order valence-corrected chi connectivity index (χ4v) is 2.14. The first-order valence-corrected chi connectivity index (χ1v) is 6.70. The summed E-state index contributed by atoms with van der Waals surface area (Å²) in [4.78, 5) is 4.25. The highest BCUT2D eigenvalue weighted by molar-refractivity contribution is 9.10. The number of hydrogen-bond donors (Lipinski definition) is 2. The quantitative estimate of drug-likeness (QED) is 0.889. The zero-order chi connectivity index (χ0) is 13.7. The summed E-state index contributed by atoms with van der Waals surface area (Å²) >= 11 is 3.31. The molecule has 2 N–H and O–H groups in total. The van der Waals surface area contributed by atoms with E-state index in [2.05, 4.69) is 36.3 Å². The Morgan fingerprint density at radius 1 is 1.47 bits per heavy atom. The van der Waals surface area contributed by atoms with Crippen molar-refractivity contribution in [3.8, 4) is 5.75 Å². The van der Waals surface area contributed by atoms with Crippen molar-refractivity contribution in [3.05, 3.63) is 28.2 Å². The van der Waals surface area contributed by atoms with Crippen LogP contribution in [-0.2, 0) is 6.54 Å². The molecule has 0 fully saturated rings. The first kappa shape index (κ1) is 14.0. The van der Waals surface area contributed by atoms with Gasteiger partial charge in [0.25, 0.3) is 0 Å². The van der Waals surface area contributed by atoms with Crippen LogP contribution in [0.4, 0.5) is 8.78 Å². The van der Waals surface area contributed by atoms with E-state index in [0.29, 0.717) is 18.1 Å². The lowest BCUT2D eigenvalue weighted by Gasteiger charge is -2.17. The topological polar surface area (TPSA) is 45.6 Å². The first-order chi connectivity index (χ1) is 9.15. The van der Waals surface area contributed by atoms with E-state index in [1.165, 1.54) is 6.07 Å². The third-order valence-corrected chi connectivity index (χ3v) is 3.08. The highest BCUT2D eigenvalue weighted by Gasteiger charge is 2.11. The largest absolute Gasteiger partial charge is 0.434 e. The molecule has 0 saturated carbocycles. The number of benzene rings is 1. The van der Waals surface area contributed by atoms with Gasteiger partial charge in [-0.15, -0.1) is 0 Å². The summed E-state index contributed by atoms with van der Waals surface area (Å²) in [6.45, 7) is -0.822. The molecule has 2 rings (SSSR count). The molecule has 0 unspecified atom stereocenters. The van der Waals surface area contributed by atoms with E-state index < -0.39 is 6.61 Å². The predicted molar refractivity (Wildman–Crippen MR) is 72.5 cm³/mol. The van der Waals surface area contributed by atoms with Crippen molar-refractivity contribution < 1.29 is 13.5 Å². The molecule has 1 aliphatic heterocycles. The Hall–Kier alpha value is -1.37. The van der Waals surface area contributed by atoms with Crippen LogP contribution in [0.5, 0.6) is 5.75 Å². The molecule has 0 spiro atoms. The number of ether oxygens (including phenoxy) is 1. The standard InChI is InChI=1S/C12H14BrF2N3O/c13-9-2-3-10(19-11(14)15)8(6-9)7-18-12-16-4-1-5-17-12/h2-3,6,11H,1,4-5,7H2,(H2,16,17,18). The first-order valence-electron chi connectivity index (χ1n) is 5.90. The Balaban J connectivity index is 2.04. The molecule has 1 aliphatic rings. The van der Waals surface area contributed by atoms with Crippen LogP contribution < -0.4 is 15.4 Å². The molecule has 1 heterocycles. The van der Waals surface area contributed by atoms with Gasteiger partial charge in [0.15, 0.2) is 5.96 Å². The van der Waals surface area contributed by atoms with Gasteiger partial charge in [-0.1, -0.05) is 15.9 Å². The second-order valence-electron chi connectivity index (χ2n) is 3.99. The van der Waals surface area contributed by atoms with Crippen molar-refractivity contribution in [2.24, 2.45) is 4.99 Å². The molecule has 0 radical (unpaired) electrons. The van der Waals surface area contributed by atoms with Crippen LogP contribution in [0, 0.1) is 0 Å². The van der Waals surface area contributed by atoms with Gasteiger partial charge in [-0.3, -0.25) is 4.99 Å². The number of nitrogens with one attached hydrogen (secondary N) is 2. The van der Waals surface area contributed by atoms with E-state index in [1.54, 1.807) is 12.1 Å². The Labute approximate surface area is 118 Å². The molecular weight excluding hydrogens is 320 g/mol. The van der Waals surface area contributed by atoms with E-state index in [9.17, 15) is 8.78 Å². The monoisotopic (exact) mass is 333 g/mol. The van der Waals surface area contributed by atoms with Crippen LogP contribution in [0.2, 0.25) is 0 Å². The second kappa shape index (κ2) is 6.70. The average Bonchev–Trinajstić information content (AvgIpc) is 2.40. The number of alkyl halides is 2. The lowest BCUT2D eigenvalue weighted by molar-refractivity contribution is -0.0504. The molecule has 1 aromatic rings. The van der Waals surface area contributed by atoms with Crippen molar-refractivity contribution >= 4 is 21.9 Å². The van der Waals surface area contributed by atoms with E-state index in [-0.39, 0.29) is 5.75 Å². The molecule has 0 atom stereocenters. The zero-order valence-corrected chi connectivity index (χ0v) is 11.7. The third kappa shape index (κ3) is 4.34. The number of rotatable bonds is 4. The van der Waals surface area contributed by atoms with E-state index in [1.807, 2.05) is 0 Å². The summed E-state index contributed by atoms with van der Waals surface area (Å²) < 4.78 is 29.9. The van der Waals surface area contributed by atoms with Crippen LogP contribution >= 0.6 is 15.9 Å². The van der Waals surface area contributed by atoms with Gasteiger partial charge in [0.05, 0.1) is 0 Å². The summed E-state index contributed by atoms with van der Waals surface area (Å²) in [5.41, 5.74) is 0.643. The third-order valence-electron chi connectivity index (χ3n) is 2.58. The van der Waals surface area contributed by atoms with E-state index >= 15 is 0 Å². The minimum absolute atomic E-state index is 0.169. The van der Waals surface area contributed by atoms with Crippen LogP contribution in [0.3, 0.4) is 0 Å². The molecule has 104 valence electrons. The van der Waals surface area contributed by atoms with Gasteiger partial charge in [0, 0.05) is 29.7 Å². The van der Waals surface area contributed by atoms with Gasteiger partial charge >= 0.3 is 6.61 Å². The molecule has 0 saturated heterocycles. The number of halogens is 3. The molecule has 0 aliphatic carbocycles. The summed E-state index contributed by atoms with van der Waals surface area (Å²) in [7, 11) is 0. The molecule has 7 heteroatoms. The van der Waals surface area contributed by atoms with Crippen LogP contribution in [0.25, 0.3) is 0 Å². The number of aliphatic imine (C=N–C) groups is 1. The lowest BCUT2D eigenvalue weighted by Crippen LogP contribution is -2.40. The van der Waals surface area contributed by atoms with E-state index in [0.717, 1.165) is 24.0 Å². The minimum Gasteiger partial charge on any atom is -0.434 e. The van der Waals surface area contributed by atoms with Crippen LogP contribution in [-0.4, -0.2) is 25.7 Å². The Kier molecular flexibility index (Phi) is 4.95. The molecule has 0 aromatic heterocycles. The number of nitrogens with zero attached hydrogens (tertiary/aromatic N) is 1. The Morgan fingerprint density at radius 2 is 2.32 bits per heavy atom. The molecular formula is C12H14BrF2N3O. The maximum atomic E-state index is 12.3. The molecule has 4 nitrogen and oxygen atoms in total. The Bertz CT molecular complexity index is 468. The smallest absolute Gasteiger partial charge is 0.387 e. The summed E-state index contributed by atoms with van der Waals surface area (Å²) in [5.74, 6) is 0.858. The van der Waals surface area contributed by atoms with Gasteiger partial charge in [-0.05, 0) is 24.6 Å². The maximum absolute atomic E-state index is 12.3. The van der Waals surface area contributed by atoms with Gasteiger partial charge in [-0.2, -0.15) is 8.78 Å². The van der Waals surface area contributed by atoms with E-state index in [4.69, 9.17) is 0 Å². The fourth-order valence-electron chi connectivity index (χ4n) is 1.73. The zero-order valence-electron chi connectivity index (χ0n) is 10.1. The highest BCUT2D eigenvalue weighted by Crippen LogP contribution is 2.24. The maximum Gasteiger partial charge on any atom is 0.387 e. The van der Waals surface area contributed by atoms with Crippen molar-refractivity contribution in [1.82, 2.24) is 10.6 Å². The molecule has 19 heavy (non-hydrogen) atoms. The van der Waals surface area contributed by atoms with Crippen molar-refractivity contribution in [2.75, 3.05) is 13.1 Å². The molecule has 1 aromatic carbocycles. The minimum atomic E-state index is -2.83. The highest BCUT2D eigenvalue weighted by atomic mass is 79.9. The normalized spacial score (nSPS) is 14.8. The summed E-state index contributed by atoms with van der Waals surface area (Å²) in [5, 5.41) is 6.17. The van der Waals surface area contributed by atoms with Gasteiger partial charge in [-0.25, -0.2) is 0 Å². The predicted octanol–water partition coefficient (Wildman–Crippen LogP) is 2.49. The number of hydrogen-bond acceptors (Lipinski definition) is 4. The average molecular weight is 334 g/mol. The van der Waals surface area contributed by atoms with Crippen LogP contribution in [0.1, 0.15) is 12.0 Å². The second-order valence-corrected chi connectivity index (χ2v) is 4.91. The van der Waals surface area contributed by atoms with Gasteiger partial charge in [0.1, 0.15) is 5.75 Å². The van der Waals surface area contributed by atoms with Crippen molar-refractivity contribution in [2.45, 2.75) is 19.6 Å². The van der Waals surface area contributed by atoms with Crippen LogP contribution in [0.15, 0.2) is 27.7 Å². The molecule has 0 amide bonds.